The van der Waals surface area contributed by atoms with Crippen LogP contribution in [0, 0.1) is 11.6 Å². The average molecular weight is 221 g/mol. The maximum absolute atomic E-state index is 12.8. The number of phenolic OH excluding ortho intramolecular Hbond substituents is 1. The van der Waals surface area contributed by atoms with Crippen molar-refractivity contribution in [1.29, 1.82) is 0 Å². The molecule has 0 bridgehead atoms. The minimum Gasteiger partial charge on any atom is -0.503 e. The van der Waals surface area contributed by atoms with E-state index in [1.807, 2.05) is 0 Å². The van der Waals surface area contributed by atoms with E-state index in [4.69, 9.17) is 22.4 Å². The Kier molecular flexibility index (Phi) is 3.24. The van der Waals surface area contributed by atoms with Crippen molar-refractivity contribution >= 4 is 23.1 Å². The van der Waals surface area contributed by atoms with Crippen molar-refractivity contribution in [3.05, 3.63) is 23.8 Å². The zero-order valence-corrected chi connectivity index (χ0v) is 7.72. The van der Waals surface area contributed by atoms with Crippen LogP contribution in [0.1, 0.15) is 0 Å². The second kappa shape index (κ2) is 4.23. The highest BCUT2D eigenvalue weighted by Crippen LogP contribution is 2.25. The second-order valence-corrected chi connectivity index (χ2v) is 2.76. The molecule has 0 atom stereocenters. The summed E-state index contributed by atoms with van der Waals surface area (Å²) >= 11 is 5.32. The van der Waals surface area contributed by atoms with Gasteiger partial charge < -0.3 is 10.8 Å². The largest absolute Gasteiger partial charge is 0.503 e. The minimum absolute atomic E-state index is 0.0315. The standard InChI is InChI=1S/C8H7ClF2N2O/c9-3-7(12)13-4-1-5(10)8(14)6(11)2-4/h1-2,14H,3H2,(H2,12,13). The third kappa shape index (κ3) is 2.32. The fourth-order valence-corrected chi connectivity index (χ4v) is 0.872. The highest BCUT2D eigenvalue weighted by molar-refractivity contribution is 6.28. The first-order chi connectivity index (χ1) is 6.54. The monoisotopic (exact) mass is 220 g/mol. The average Bonchev–Trinajstić information content (AvgIpc) is 2.14. The number of aliphatic imine (C=N–C) groups is 1. The molecule has 76 valence electrons. The zero-order chi connectivity index (χ0) is 10.7. The summed E-state index contributed by atoms with van der Waals surface area (Å²) in [6.07, 6.45) is 0. The molecule has 3 N–H and O–H groups in total. The van der Waals surface area contributed by atoms with Crippen LogP contribution < -0.4 is 5.73 Å². The van der Waals surface area contributed by atoms with Crippen LogP contribution in [0.5, 0.6) is 5.75 Å². The van der Waals surface area contributed by atoms with Gasteiger partial charge in [-0.3, -0.25) is 0 Å². The number of phenols is 1. The fourth-order valence-electron chi connectivity index (χ4n) is 0.812. The quantitative estimate of drug-likeness (QED) is 0.454. The number of nitrogens with two attached hydrogens (primary N) is 1. The van der Waals surface area contributed by atoms with Gasteiger partial charge in [0.05, 0.1) is 11.6 Å². The van der Waals surface area contributed by atoms with E-state index >= 15 is 0 Å². The van der Waals surface area contributed by atoms with E-state index in [2.05, 4.69) is 4.99 Å². The van der Waals surface area contributed by atoms with E-state index < -0.39 is 17.4 Å². The lowest BCUT2D eigenvalue weighted by atomic mass is 10.3. The van der Waals surface area contributed by atoms with Crippen LogP contribution in [0.3, 0.4) is 0 Å². The Bertz CT molecular complexity index is 359. The van der Waals surface area contributed by atoms with Gasteiger partial charge in [-0.25, -0.2) is 13.8 Å². The Labute approximate surface area is 83.8 Å². The Balaban J connectivity index is 3.13. The number of halogens is 3. The van der Waals surface area contributed by atoms with Crippen molar-refractivity contribution < 1.29 is 13.9 Å². The molecule has 0 spiro atoms. The number of benzene rings is 1. The Morgan fingerprint density at radius 3 is 2.36 bits per heavy atom. The molecule has 0 amide bonds. The van der Waals surface area contributed by atoms with E-state index in [9.17, 15) is 8.78 Å². The molecule has 0 aromatic heterocycles. The van der Waals surface area contributed by atoms with Crippen LogP contribution in [0.25, 0.3) is 0 Å². The van der Waals surface area contributed by atoms with Crippen LogP contribution in [0.2, 0.25) is 0 Å². The number of hydrogen-bond acceptors (Lipinski definition) is 2. The van der Waals surface area contributed by atoms with Crippen molar-refractivity contribution in [3.63, 3.8) is 0 Å². The number of rotatable bonds is 2. The molecule has 0 unspecified atom stereocenters. The van der Waals surface area contributed by atoms with Crippen molar-refractivity contribution in [1.82, 2.24) is 0 Å². The van der Waals surface area contributed by atoms with Crippen molar-refractivity contribution in [2.24, 2.45) is 10.7 Å². The van der Waals surface area contributed by atoms with Gasteiger partial charge in [0, 0.05) is 12.1 Å². The van der Waals surface area contributed by atoms with Gasteiger partial charge in [0.25, 0.3) is 0 Å². The molecule has 0 fully saturated rings. The van der Waals surface area contributed by atoms with Crippen LogP contribution in [-0.4, -0.2) is 16.8 Å². The molecule has 0 heterocycles. The normalized spacial score (nSPS) is 11.8. The summed E-state index contributed by atoms with van der Waals surface area (Å²) in [5.41, 5.74) is 5.22. The Morgan fingerprint density at radius 1 is 1.43 bits per heavy atom. The second-order valence-electron chi connectivity index (χ2n) is 2.49. The molecule has 1 rings (SSSR count). The lowest BCUT2D eigenvalue weighted by Crippen LogP contribution is -2.12. The number of hydrogen-bond donors (Lipinski definition) is 2. The first-order valence-corrected chi connectivity index (χ1v) is 4.15. The lowest BCUT2D eigenvalue weighted by Gasteiger charge is -2.00. The number of alkyl halides is 1. The topological polar surface area (TPSA) is 58.6 Å². The van der Waals surface area contributed by atoms with E-state index in [1.165, 1.54) is 0 Å². The maximum Gasteiger partial charge on any atom is 0.187 e. The molecule has 0 radical (unpaired) electrons. The molecule has 0 aliphatic rings. The van der Waals surface area contributed by atoms with Crippen molar-refractivity contribution in [2.75, 3.05) is 5.88 Å². The smallest absolute Gasteiger partial charge is 0.187 e. The summed E-state index contributed by atoms with van der Waals surface area (Å²) in [6, 6.07) is 1.72. The van der Waals surface area contributed by atoms with Gasteiger partial charge >= 0.3 is 0 Å². The van der Waals surface area contributed by atoms with E-state index in [0.717, 1.165) is 12.1 Å². The molecular formula is C8H7ClF2N2O. The Hall–Kier alpha value is -1.36. The van der Waals surface area contributed by atoms with Gasteiger partial charge in [0.15, 0.2) is 17.4 Å². The van der Waals surface area contributed by atoms with Gasteiger partial charge in [-0.15, -0.1) is 11.6 Å². The highest BCUT2D eigenvalue weighted by atomic mass is 35.5. The van der Waals surface area contributed by atoms with Gasteiger partial charge in [-0.05, 0) is 0 Å². The third-order valence-corrected chi connectivity index (χ3v) is 1.69. The molecule has 0 saturated heterocycles. The summed E-state index contributed by atoms with van der Waals surface area (Å²) < 4.78 is 25.5. The van der Waals surface area contributed by atoms with Crippen LogP contribution in [0.4, 0.5) is 14.5 Å². The van der Waals surface area contributed by atoms with E-state index in [1.54, 1.807) is 0 Å². The third-order valence-electron chi connectivity index (χ3n) is 1.41. The summed E-state index contributed by atoms with van der Waals surface area (Å²) in [5.74, 6) is -3.22. The molecule has 1 aromatic carbocycles. The first-order valence-electron chi connectivity index (χ1n) is 3.61. The number of aromatic hydroxyl groups is 1. The summed E-state index contributed by atoms with van der Waals surface area (Å²) in [4.78, 5) is 3.61. The predicted octanol–water partition coefficient (Wildman–Crippen LogP) is 1.90. The summed E-state index contributed by atoms with van der Waals surface area (Å²) in [7, 11) is 0. The van der Waals surface area contributed by atoms with Gasteiger partial charge in [-0.1, -0.05) is 0 Å². The molecule has 1 aromatic rings. The number of amidine groups is 1. The molecular weight excluding hydrogens is 214 g/mol. The molecule has 14 heavy (non-hydrogen) atoms. The summed E-state index contributed by atoms with van der Waals surface area (Å²) in [5, 5.41) is 8.77. The summed E-state index contributed by atoms with van der Waals surface area (Å²) in [6.45, 7) is 0. The molecule has 0 aliphatic carbocycles. The zero-order valence-electron chi connectivity index (χ0n) is 6.97. The maximum atomic E-state index is 12.8. The van der Waals surface area contributed by atoms with Crippen LogP contribution >= 0.6 is 11.6 Å². The predicted molar refractivity (Wildman–Crippen MR) is 50.0 cm³/mol. The number of nitrogens with zero attached hydrogens (tertiary/aromatic N) is 1. The minimum atomic E-state index is -1.09. The van der Waals surface area contributed by atoms with Gasteiger partial charge in [0.1, 0.15) is 5.84 Å². The Morgan fingerprint density at radius 2 is 1.93 bits per heavy atom. The van der Waals surface area contributed by atoms with Gasteiger partial charge in [-0.2, -0.15) is 0 Å². The van der Waals surface area contributed by atoms with Crippen LogP contribution in [-0.2, 0) is 0 Å². The SMILES string of the molecule is NC(CCl)=Nc1cc(F)c(O)c(F)c1. The van der Waals surface area contributed by atoms with E-state index in [0.29, 0.717) is 0 Å². The van der Waals surface area contributed by atoms with Gasteiger partial charge in [0.2, 0.25) is 0 Å². The van der Waals surface area contributed by atoms with Crippen LogP contribution in [0.15, 0.2) is 17.1 Å². The highest BCUT2D eigenvalue weighted by Gasteiger charge is 2.08. The molecule has 0 saturated carbocycles. The first kappa shape index (κ1) is 10.7. The van der Waals surface area contributed by atoms with E-state index in [-0.39, 0.29) is 17.4 Å². The molecule has 0 aliphatic heterocycles. The molecule has 6 heteroatoms. The van der Waals surface area contributed by atoms with Crippen molar-refractivity contribution in [2.45, 2.75) is 0 Å². The lowest BCUT2D eigenvalue weighted by molar-refractivity contribution is 0.396. The molecule has 3 nitrogen and oxygen atoms in total. The fraction of sp³-hybridized carbons (Fsp3) is 0.125. The van der Waals surface area contributed by atoms with Crippen molar-refractivity contribution in [3.8, 4) is 5.75 Å².